The number of thiophene rings is 1. The van der Waals surface area contributed by atoms with Crippen molar-refractivity contribution in [3.8, 4) is 0 Å². The van der Waals surface area contributed by atoms with Crippen LogP contribution < -0.4 is 0 Å². The van der Waals surface area contributed by atoms with Crippen molar-refractivity contribution in [1.82, 2.24) is 4.90 Å². The summed E-state index contributed by atoms with van der Waals surface area (Å²) in [7, 11) is 0. The van der Waals surface area contributed by atoms with E-state index in [-0.39, 0.29) is 23.2 Å². The van der Waals surface area contributed by atoms with Crippen LogP contribution in [0.25, 0.3) is 5.76 Å². The van der Waals surface area contributed by atoms with Crippen LogP contribution in [0.3, 0.4) is 0 Å². The Hall–Kier alpha value is -2.47. The third-order valence-corrected chi connectivity index (χ3v) is 7.10. The normalized spacial score (nSPS) is 22.4. The average Bonchev–Trinajstić information content (AvgIpc) is 3.25. The Balaban J connectivity index is 1.88. The van der Waals surface area contributed by atoms with Gasteiger partial charge in [-0.05, 0) is 67.5 Å². The van der Waals surface area contributed by atoms with E-state index in [1.165, 1.54) is 29.5 Å². The van der Waals surface area contributed by atoms with Gasteiger partial charge in [0.2, 0.25) is 0 Å². The molecule has 1 unspecified atom stereocenters. The van der Waals surface area contributed by atoms with Crippen LogP contribution in [-0.4, -0.2) is 27.7 Å². The number of halogens is 1. The van der Waals surface area contributed by atoms with E-state index in [0.29, 0.717) is 11.1 Å². The predicted molar refractivity (Wildman–Crippen MR) is 111 cm³/mol. The second kappa shape index (κ2) is 7.75. The van der Waals surface area contributed by atoms with Crippen LogP contribution in [-0.2, 0) is 9.59 Å². The molecule has 0 radical (unpaired) electrons. The molecule has 1 atom stereocenters. The van der Waals surface area contributed by atoms with Crippen LogP contribution in [0, 0.1) is 19.7 Å². The van der Waals surface area contributed by atoms with E-state index in [1.54, 1.807) is 11.8 Å². The van der Waals surface area contributed by atoms with E-state index in [0.717, 1.165) is 42.5 Å². The van der Waals surface area contributed by atoms with E-state index >= 15 is 0 Å². The third-order valence-electron chi connectivity index (χ3n) is 6.03. The van der Waals surface area contributed by atoms with Gasteiger partial charge in [-0.1, -0.05) is 19.3 Å². The summed E-state index contributed by atoms with van der Waals surface area (Å²) in [5, 5.41) is 13.0. The summed E-state index contributed by atoms with van der Waals surface area (Å²) in [6.07, 6.45) is 4.92. The number of likely N-dealkylation sites (tertiary alicyclic amines) is 1. The predicted octanol–water partition coefficient (Wildman–Crippen LogP) is 5.26. The van der Waals surface area contributed by atoms with Gasteiger partial charge in [0.25, 0.3) is 11.7 Å². The van der Waals surface area contributed by atoms with Crippen LogP contribution >= 0.6 is 11.3 Å². The van der Waals surface area contributed by atoms with Crippen LogP contribution in [0.5, 0.6) is 0 Å². The van der Waals surface area contributed by atoms with Crippen molar-refractivity contribution in [2.45, 2.75) is 58.0 Å². The SMILES string of the molecule is Cc1cc(/C(O)=C2/C(=O)C(=O)N(C3CCCCC3)C2c2sccc2C)ccc1F. The Bertz CT molecular complexity index is 1000. The Morgan fingerprint density at radius 1 is 1.10 bits per heavy atom. The molecular weight excluding hydrogens is 389 g/mol. The van der Waals surface area contributed by atoms with Gasteiger partial charge in [-0.25, -0.2) is 4.39 Å². The van der Waals surface area contributed by atoms with E-state index in [1.807, 2.05) is 18.4 Å². The number of rotatable bonds is 3. The molecular formula is C23H24FNO3S. The van der Waals surface area contributed by atoms with Gasteiger partial charge in [0.05, 0.1) is 5.57 Å². The monoisotopic (exact) mass is 413 g/mol. The molecule has 1 aromatic heterocycles. The highest BCUT2D eigenvalue weighted by Crippen LogP contribution is 2.45. The first kappa shape index (κ1) is 19.8. The Morgan fingerprint density at radius 2 is 1.83 bits per heavy atom. The lowest BCUT2D eigenvalue weighted by molar-refractivity contribution is -0.141. The fourth-order valence-corrected chi connectivity index (χ4v) is 5.49. The number of aliphatic hydroxyl groups excluding tert-OH is 1. The highest BCUT2D eigenvalue weighted by Gasteiger charge is 2.49. The number of hydrogen-bond donors (Lipinski definition) is 1. The van der Waals surface area contributed by atoms with Crippen molar-refractivity contribution in [1.29, 1.82) is 0 Å². The van der Waals surface area contributed by atoms with Crippen molar-refractivity contribution < 1.29 is 19.1 Å². The lowest BCUT2D eigenvalue weighted by atomic mass is 9.92. The fourth-order valence-electron chi connectivity index (χ4n) is 4.46. The van der Waals surface area contributed by atoms with Gasteiger partial charge < -0.3 is 10.0 Å². The van der Waals surface area contributed by atoms with Crippen molar-refractivity contribution in [3.05, 3.63) is 62.6 Å². The summed E-state index contributed by atoms with van der Waals surface area (Å²) in [5.74, 6) is -1.82. The molecule has 4 nitrogen and oxygen atoms in total. The Labute approximate surface area is 173 Å². The number of nitrogens with zero attached hydrogens (tertiary/aromatic N) is 1. The minimum absolute atomic E-state index is 0.00745. The number of aliphatic hydroxyl groups is 1. The maximum absolute atomic E-state index is 13.7. The molecule has 2 aromatic rings. The topological polar surface area (TPSA) is 57.6 Å². The molecule has 1 saturated heterocycles. The van der Waals surface area contributed by atoms with Crippen molar-refractivity contribution in [2.75, 3.05) is 0 Å². The van der Waals surface area contributed by atoms with E-state index < -0.39 is 17.7 Å². The number of ketones is 1. The van der Waals surface area contributed by atoms with E-state index in [4.69, 9.17) is 0 Å². The molecule has 2 fully saturated rings. The Kier molecular flexibility index (Phi) is 5.30. The number of aryl methyl sites for hydroxylation is 2. The molecule has 1 aliphatic carbocycles. The summed E-state index contributed by atoms with van der Waals surface area (Å²) in [6, 6.07) is 5.59. The van der Waals surface area contributed by atoms with Gasteiger partial charge in [-0.15, -0.1) is 11.3 Å². The first-order chi connectivity index (χ1) is 13.9. The molecule has 0 spiro atoms. The average molecular weight is 414 g/mol. The van der Waals surface area contributed by atoms with Gasteiger partial charge in [0.15, 0.2) is 0 Å². The molecule has 29 heavy (non-hydrogen) atoms. The van der Waals surface area contributed by atoms with Gasteiger partial charge in [-0.3, -0.25) is 9.59 Å². The molecule has 6 heteroatoms. The molecule has 4 rings (SSSR count). The number of amides is 1. The summed E-state index contributed by atoms with van der Waals surface area (Å²) < 4.78 is 13.7. The molecule has 1 aromatic carbocycles. The zero-order valence-corrected chi connectivity index (χ0v) is 17.4. The zero-order chi connectivity index (χ0) is 20.7. The minimum Gasteiger partial charge on any atom is -0.507 e. The lowest BCUT2D eigenvalue weighted by Crippen LogP contribution is -2.40. The number of Topliss-reactive ketones (excluding diaryl/α,β-unsaturated/α-hetero) is 1. The molecule has 2 heterocycles. The second-order valence-corrected chi connectivity index (χ2v) is 8.88. The van der Waals surface area contributed by atoms with Crippen molar-refractivity contribution >= 4 is 28.8 Å². The van der Waals surface area contributed by atoms with Crippen molar-refractivity contribution in [2.24, 2.45) is 0 Å². The van der Waals surface area contributed by atoms with Gasteiger partial charge in [-0.2, -0.15) is 0 Å². The third kappa shape index (κ3) is 3.39. The van der Waals surface area contributed by atoms with Gasteiger partial charge in [0.1, 0.15) is 17.6 Å². The standard InChI is InChI=1S/C23H24FNO3S/c1-13-10-11-29-22(13)19-18(20(26)15-8-9-17(24)14(2)12-15)21(27)23(28)25(19)16-6-4-3-5-7-16/h8-12,16,19,26H,3-7H2,1-2H3/b20-18-. The van der Waals surface area contributed by atoms with Crippen LogP contribution in [0.1, 0.15) is 59.7 Å². The zero-order valence-electron chi connectivity index (χ0n) is 16.6. The largest absolute Gasteiger partial charge is 0.507 e. The summed E-state index contributed by atoms with van der Waals surface area (Å²) in [4.78, 5) is 28.7. The van der Waals surface area contributed by atoms with Crippen LogP contribution in [0.15, 0.2) is 35.2 Å². The van der Waals surface area contributed by atoms with Crippen LogP contribution in [0.4, 0.5) is 4.39 Å². The summed E-state index contributed by atoms with van der Waals surface area (Å²) >= 11 is 1.49. The molecule has 152 valence electrons. The highest BCUT2D eigenvalue weighted by molar-refractivity contribution is 7.10. The molecule has 1 N–H and O–H groups in total. The molecule has 1 amide bonds. The molecule has 1 aliphatic heterocycles. The number of hydrogen-bond acceptors (Lipinski definition) is 4. The van der Waals surface area contributed by atoms with Crippen LogP contribution in [0.2, 0.25) is 0 Å². The number of carbonyl (C=O) groups is 2. The van der Waals surface area contributed by atoms with E-state index in [9.17, 15) is 19.1 Å². The maximum Gasteiger partial charge on any atom is 0.295 e. The van der Waals surface area contributed by atoms with Gasteiger partial charge >= 0.3 is 0 Å². The van der Waals surface area contributed by atoms with E-state index in [2.05, 4.69) is 0 Å². The molecule has 1 saturated carbocycles. The first-order valence-electron chi connectivity index (χ1n) is 10.0. The first-order valence-corrected chi connectivity index (χ1v) is 10.9. The summed E-state index contributed by atoms with van der Waals surface area (Å²) in [5.41, 5.74) is 1.82. The lowest BCUT2D eigenvalue weighted by Gasteiger charge is -2.35. The fraction of sp³-hybridized carbons (Fsp3) is 0.391. The Morgan fingerprint density at radius 3 is 2.45 bits per heavy atom. The van der Waals surface area contributed by atoms with Crippen molar-refractivity contribution in [3.63, 3.8) is 0 Å². The second-order valence-electron chi connectivity index (χ2n) is 7.93. The number of benzene rings is 1. The molecule has 2 aliphatic rings. The highest BCUT2D eigenvalue weighted by atomic mass is 32.1. The van der Waals surface area contributed by atoms with Gasteiger partial charge in [0, 0.05) is 16.5 Å². The minimum atomic E-state index is -0.659. The smallest absolute Gasteiger partial charge is 0.295 e. The molecule has 0 bridgehead atoms. The number of carbonyl (C=O) groups excluding carboxylic acids is 2. The maximum atomic E-state index is 13.7. The summed E-state index contributed by atoms with van der Waals surface area (Å²) in [6.45, 7) is 3.56. The quantitative estimate of drug-likeness (QED) is 0.424.